The van der Waals surface area contributed by atoms with Crippen molar-refractivity contribution in [1.82, 2.24) is 0 Å². The molecule has 458 valence electrons. The molecule has 0 aliphatic heterocycles. The second-order valence-electron chi connectivity index (χ2n) is 23.1. The van der Waals surface area contributed by atoms with E-state index < -0.39 is 6.10 Å². The van der Waals surface area contributed by atoms with Crippen molar-refractivity contribution >= 4 is 17.9 Å². The van der Waals surface area contributed by atoms with Crippen LogP contribution in [0.1, 0.15) is 355 Å². The number of unbranched alkanes of at least 4 members (excludes halogenated alkanes) is 40. The zero-order chi connectivity index (χ0) is 57.1. The van der Waals surface area contributed by atoms with Gasteiger partial charge in [0.25, 0.3) is 0 Å². The molecular weight excluding hydrogens is 973 g/mol. The maximum absolute atomic E-state index is 12.9. The van der Waals surface area contributed by atoms with E-state index in [1.807, 2.05) is 0 Å². The number of hydrogen-bond acceptors (Lipinski definition) is 6. The molecule has 0 saturated carbocycles. The number of esters is 3. The van der Waals surface area contributed by atoms with Gasteiger partial charge in [0.15, 0.2) is 6.10 Å². The van der Waals surface area contributed by atoms with Crippen LogP contribution in [0.3, 0.4) is 0 Å². The van der Waals surface area contributed by atoms with E-state index >= 15 is 0 Å². The summed E-state index contributed by atoms with van der Waals surface area (Å²) in [6.45, 7) is 6.55. The molecule has 0 aliphatic rings. The van der Waals surface area contributed by atoms with Crippen LogP contribution in [0, 0.1) is 0 Å². The molecule has 0 spiro atoms. The van der Waals surface area contributed by atoms with E-state index in [-0.39, 0.29) is 31.1 Å². The zero-order valence-corrected chi connectivity index (χ0v) is 52.6. The third kappa shape index (κ3) is 65.5. The van der Waals surface area contributed by atoms with E-state index in [9.17, 15) is 14.4 Å². The van der Waals surface area contributed by atoms with Gasteiger partial charge in [-0.15, -0.1) is 0 Å². The molecule has 1 atom stereocenters. The number of allylic oxidation sites excluding steroid dienone is 12. The van der Waals surface area contributed by atoms with Gasteiger partial charge in [-0.1, -0.05) is 318 Å². The Kier molecular flexibility index (Phi) is 64.7. The summed E-state index contributed by atoms with van der Waals surface area (Å²) in [6.07, 6.45) is 87.9. The summed E-state index contributed by atoms with van der Waals surface area (Å²) in [7, 11) is 0. The molecule has 0 aliphatic carbocycles. The smallest absolute Gasteiger partial charge is 0.306 e. The summed E-state index contributed by atoms with van der Waals surface area (Å²) in [4.78, 5) is 38.3. The van der Waals surface area contributed by atoms with Crippen LogP contribution < -0.4 is 0 Å². The molecule has 1 unspecified atom stereocenters. The normalized spacial score (nSPS) is 12.5. The molecule has 6 heteroatoms. The molecule has 0 rings (SSSR count). The fourth-order valence-corrected chi connectivity index (χ4v) is 10.1. The third-order valence-corrected chi connectivity index (χ3v) is 15.2. The van der Waals surface area contributed by atoms with Gasteiger partial charge in [-0.3, -0.25) is 14.4 Å². The second-order valence-corrected chi connectivity index (χ2v) is 23.1. The average Bonchev–Trinajstić information content (AvgIpc) is 3.45. The molecule has 0 N–H and O–H groups in total. The first-order valence-electron chi connectivity index (χ1n) is 34.4. The molecule has 0 aromatic heterocycles. The largest absolute Gasteiger partial charge is 0.462 e. The Hall–Kier alpha value is -3.15. The maximum atomic E-state index is 12.9. The van der Waals surface area contributed by atoms with E-state index in [0.717, 1.165) is 89.9 Å². The van der Waals surface area contributed by atoms with Gasteiger partial charge in [-0.05, 0) is 89.9 Å². The van der Waals surface area contributed by atoms with Gasteiger partial charge in [0.1, 0.15) is 13.2 Å². The third-order valence-electron chi connectivity index (χ3n) is 15.2. The Labute approximate surface area is 491 Å². The summed E-state index contributed by atoms with van der Waals surface area (Å²) in [6, 6.07) is 0. The Morgan fingerprint density at radius 2 is 0.494 bits per heavy atom. The minimum atomic E-state index is -0.773. The number of rotatable bonds is 63. The van der Waals surface area contributed by atoms with Crippen molar-refractivity contribution in [2.45, 2.75) is 361 Å². The van der Waals surface area contributed by atoms with Crippen molar-refractivity contribution in [2.24, 2.45) is 0 Å². The van der Waals surface area contributed by atoms with Crippen LogP contribution in [0.25, 0.3) is 0 Å². The Bertz CT molecular complexity index is 1450. The van der Waals surface area contributed by atoms with Crippen molar-refractivity contribution < 1.29 is 28.6 Å². The van der Waals surface area contributed by atoms with Gasteiger partial charge >= 0.3 is 17.9 Å². The molecule has 79 heavy (non-hydrogen) atoms. The zero-order valence-electron chi connectivity index (χ0n) is 52.6. The highest BCUT2D eigenvalue weighted by molar-refractivity contribution is 5.71. The minimum Gasteiger partial charge on any atom is -0.462 e. The Morgan fingerprint density at radius 1 is 0.266 bits per heavy atom. The van der Waals surface area contributed by atoms with E-state index in [4.69, 9.17) is 14.2 Å². The molecule has 0 radical (unpaired) electrons. The summed E-state index contributed by atoms with van der Waals surface area (Å²) in [5.41, 5.74) is 0. The van der Waals surface area contributed by atoms with Crippen molar-refractivity contribution in [1.29, 1.82) is 0 Å². The summed E-state index contributed by atoms with van der Waals surface area (Å²) >= 11 is 0. The summed E-state index contributed by atoms with van der Waals surface area (Å²) in [5, 5.41) is 0. The molecule has 0 bridgehead atoms. The number of hydrogen-bond donors (Lipinski definition) is 0. The predicted octanol–water partition coefficient (Wildman–Crippen LogP) is 23.7. The number of carbonyl (C=O) groups excluding carboxylic acids is 3. The maximum Gasteiger partial charge on any atom is 0.306 e. The molecule has 0 amide bonds. The fourth-order valence-electron chi connectivity index (χ4n) is 10.1. The first-order valence-corrected chi connectivity index (χ1v) is 34.4. The van der Waals surface area contributed by atoms with Gasteiger partial charge in [0, 0.05) is 19.3 Å². The summed E-state index contributed by atoms with van der Waals surface area (Å²) in [5.74, 6) is -0.857. The van der Waals surface area contributed by atoms with Gasteiger partial charge in [-0.25, -0.2) is 0 Å². The monoisotopic (exact) mass is 1100 g/mol. The van der Waals surface area contributed by atoms with Crippen LogP contribution in [-0.4, -0.2) is 37.2 Å². The van der Waals surface area contributed by atoms with Crippen LogP contribution in [0.4, 0.5) is 0 Å². The van der Waals surface area contributed by atoms with Crippen molar-refractivity contribution in [2.75, 3.05) is 13.2 Å². The average molecular weight is 1100 g/mol. The standard InChI is InChI=1S/C73H130O6/c1-4-7-10-13-16-19-22-24-26-28-30-31-32-33-34-35-36-37-38-39-40-41-42-43-44-46-47-49-51-54-57-60-63-66-72(75)78-69-70(68-77-71(74)65-62-59-56-53-21-18-15-12-9-6-3)79-73(76)67-64-61-58-55-52-50-48-45-29-27-25-23-20-17-14-11-8-5-2/h7,10,16,19,24,26-27,29-31,33-34,70H,4-6,8-9,11-15,17-18,20-23,25,28,32,35-69H2,1-3H3/b10-7-,19-16-,26-24-,29-27-,31-30-,34-33-. The van der Waals surface area contributed by atoms with Crippen LogP contribution in [0.2, 0.25) is 0 Å². The quantitative estimate of drug-likeness (QED) is 0.0261. The molecule has 6 nitrogen and oxygen atoms in total. The lowest BCUT2D eigenvalue weighted by Gasteiger charge is -2.18. The van der Waals surface area contributed by atoms with Gasteiger partial charge in [-0.2, -0.15) is 0 Å². The van der Waals surface area contributed by atoms with E-state index in [0.29, 0.717) is 19.3 Å². The lowest BCUT2D eigenvalue weighted by atomic mass is 10.0. The van der Waals surface area contributed by atoms with Crippen LogP contribution in [0.15, 0.2) is 72.9 Å². The molecule has 0 fully saturated rings. The van der Waals surface area contributed by atoms with Crippen molar-refractivity contribution in [3.05, 3.63) is 72.9 Å². The molecule has 0 aromatic carbocycles. The van der Waals surface area contributed by atoms with Crippen molar-refractivity contribution in [3.63, 3.8) is 0 Å². The highest BCUT2D eigenvalue weighted by Crippen LogP contribution is 2.17. The Morgan fingerprint density at radius 3 is 0.785 bits per heavy atom. The van der Waals surface area contributed by atoms with E-state index in [1.165, 1.54) is 225 Å². The van der Waals surface area contributed by atoms with E-state index in [1.54, 1.807) is 0 Å². The van der Waals surface area contributed by atoms with Gasteiger partial charge in [0.2, 0.25) is 0 Å². The van der Waals surface area contributed by atoms with Crippen LogP contribution in [0.5, 0.6) is 0 Å². The van der Waals surface area contributed by atoms with Gasteiger partial charge in [0.05, 0.1) is 0 Å². The minimum absolute atomic E-state index is 0.0712. The SMILES string of the molecule is CC/C=C\C/C=C\C/C=C\C/C=C\C/C=C\CCCCCCCCCCCCCCCCCCCC(=O)OCC(COC(=O)CCCCCCCCCCCC)OC(=O)CCCCCCCCC/C=C\CCCCCCCCC. The second kappa shape index (κ2) is 67.4. The molecular formula is C73H130O6. The number of carbonyl (C=O) groups is 3. The molecule has 0 aromatic rings. The van der Waals surface area contributed by atoms with E-state index in [2.05, 4.69) is 93.7 Å². The lowest BCUT2D eigenvalue weighted by Crippen LogP contribution is -2.30. The van der Waals surface area contributed by atoms with Crippen LogP contribution >= 0.6 is 0 Å². The first kappa shape index (κ1) is 75.8. The topological polar surface area (TPSA) is 78.9 Å². The highest BCUT2D eigenvalue weighted by Gasteiger charge is 2.19. The lowest BCUT2D eigenvalue weighted by molar-refractivity contribution is -0.167. The first-order chi connectivity index (χ1) is 39.0. The fraction of sp³-hybridized carbons (Fsp3) is 0.795. The highest BCUT2D eigenvalue weighted by atomic mass is 16.6. The van der Waals surface area contributed by atoms with Crippen molar-refractivity contribution in [3.8, 4) is 0 Å². The van der Waals surface area contributed by atoms with Crippen LogP contribution in [-0.2, 0) is 28.6 Å². The number of ether oxygens (including phenoxy) is 3. The summed E-state index contributed by atoms with van der Waals surface area (Å²) < 4.78 is 16.9. The van der Waals surface area contributed by atoms with Gasteiger partial charge < -0.3 is 14.2 Å². The molecule has 0 heterocycles. The Balaban J connectivity index is 4.10. The molecule has 0 saturated heterocycles. The predicted molar refractivity (Wildman–Crippen MR) is 344 cm³/mol.